The normalized spacial score (nSPS) is 13.1. The molecule has 8 nitrogen and oxygen atoms in total. The second-order valence-corrected chi connectivity index (χ2v) is 8.98. The monoisotopic (exact) mass is 442 g/mol. The van der Waals surface area contributed by atoms with E-state index in [1.54, 1.807) is 12.1 Å². The van der Waals surface area contributed by atoms with Gasteiger partial charge in [-0.2, -0.15) is 9.78 Å². The largest absolute Gasteiger partial charge is 0.350 e. The van der Waals surface area contributed by atoms with Gasteiger partial charge in [0.1, 0.15) is 11.5 Å². The number of rotatable bonds is 6. The van der Waals surface area contributed by atoms with Crippen LogP contribution >= 0.6 is 0 Å². The SMILES string of the molecule is O=C(NCCS(=O)(=O)N1CCc2ccccc21)c1ccc(=O)n(-c2ccc(F)cc2)n1. The van der Waals surface area contributed by atoms with Gasteiger partial charge in [-0.1, -0.05) is 18.2 Å². The van der Waals surface area contributed by atoms with Crippen LogP contribution in [-0.2, 0) is 16.4 Å². The predicted octanol–water partition coefficient (Wildman–Crippen LogP) is 1.49. The van der Waals surface area contributed by atoms with E-state index >= 15 is 0 Å². The van der Waals surface area contributed by atoms with E-state index in [1.165, 1.54) is 40.7 Å². The van der Waals surface area contributed by atoms with Gasteiger partial charge in [0.2, 0.25) is 10.0 Å². The number of sulfonamides is 1. The number of nitrogens with one attached hydrogen (secondary N) is 1. The van der Waals surface area contributed by atoms with E-state index < -0.39 is 27.3 Å². The van der Waals surface area contributed by atoms with E-state index in [-0.39, 0.29) is 18.0 Å². The van der Waals surface area contributed by atoms with Crippen LogP contribution in [-0.4, -0.2) is 42.9 Å². The molecule has 2 heterocycles. The lowest BCUT2D eigenvalue weighted by molar-refractivity contribution is 0.0949. The van der Waals surface area contributed by atoms with Crippen LogP contribution in [0.5, 0.6) is 0 Å². The maximum Gasteiger partial charge on any atom is 0.271 e. The number of aromatic nitrogens is 2. The van der Waals surface area contributed by atoms with Gasteiger partial charge in [0.15, 0.2) is 0 Å². The molecule has 31 heavy (non-hydrogen) atoms. The van der Waals surface area contributed by atoms with E-state index in [2.05, 4.69) is 10.4 Å². The maximum absolute atomic E-state index is 13.1. The molecule has 160 valence electrons. The van der Waals surface area contributed by atoms with Crippen LogP contribution in [0.2, 0.25) is 0 Å². The van der Waals surface area contributed by atoms with Crippen molar-refractivity contribution in [2.24, 2.45) is 0 Å². The molecule has 0 aliphatic carbocycles. The van der Waals surface area contributed by atoms with Crippen LogP contribution in [0.3, 0.4) is 0 Å². The minimum Gasteiger partial charge on any atom is -0.350 e. The highest BCUT2D eigenvalue weighted by molar-refractivity contribution is 7.92. The first-order valence-electron chi connectivity index (χ1n) is 9.58. The van der Waals surface area contributed by atoms with Gasteiger partial charge >= 0.3 is 0 Å². The summed E-state index contributed by atoms with van der Waals surface area (Å²) in [4.78, 5) is 24.5. The Labute approximate surface area is 178 Å². The number of hydrogen-bond donors (Lipinski definition) is 1. The van der Waals surface area contributed by atoms with Crippen molar-refractivity contribution < 1.29 is 17.6 Å². The molecular weight excluding hydrogens is 423 g/mol. The van der Waals surface area contributed by atoms with Gasteiger partial charge in [-0.3, -0.25) is 13.9 Å². The molecule has 1 N–H and O–H groups in total. The molecule has 0 unspecified atom stereocenters. The zero-order chi connectivity index (χ0) is 22.0. The second kappa shape index (κ2) is 8.31. The van der Waals surface area contributed by atoms with Gasteiger partial charge in [-0.05, 0) is 48.4 Å². The summed E-state index contributed by atoms with van der Waals surface area (Å²) >= 11 is 0. The summed E-state index contributed by atoms with van der Waals surface area (Å²) in [6.45, 7) is 0.261. The quantitative estimate of drug-likeness (QED) is 0.623. The fourth-order valence-electron chi connectivity index (χ4n) is 3.39. The van der Waals surface area contributed by atoms with Crippen LogP contribution in [0.15, 0.2) is 65.5 Å². The Morgan fingerprint density at radius 3 is 2.58 bits per heavy atom. The maximum atomic E-state index is 13.1. The van der Waals surface area contributed by atoms with Gasteiger partial charge in [-0.25, -0.2) is 12.8 Å². The highest BCUT2D eigenvalue weighted by atomic mass is 32.2. The van der Waals surface area contributed by atoms with Crippen molar-refractivity contribution in [3.05, 3.63) is 88.1 Å². The third-order valence-electron chi connectivity index (χ3n) is 4.93. The van der Waals surface area contributed by atoms with Crippen LogP contribution in [0.4, 0.5) is 10.1 Å². The summed E-state index contributed by atoms with van der Waals surface area (Å²) in [6.07, 6.45) is 0.649. The highest BCUT2D eigenvalue weighted by Crippen LogP contribution is 2.29. The lowest BCUT2D eigenvalue weighted by Gasteiger charge is -2.19. The molecule has 0 bridgehead atoms. The summed E-state index contributed by atoms with van der Waals surface area (Å²) in [5.74, 6) is -1.36. The van der Waals surface area contributed by atoms with E-state index in [4.69, 9.17) is 0 Å². The number of anilines is 1. The number of amides is 1. The highest BCUT2D eigenvalue weighted by Gasteiger charge is 2.28. The Kier molecular flexibility index (Phi) is 5.55. The van der Waals surface area contributed by atoms with Gasteiger partial charge < -0.3 is 5.32 Å². The van der Waals surface area contributed by atoms with Gasteiger partial charge in [0.05, 0.1) is 17.1 Å². The lowest BCUT2D eigenvalue weighted by Crippen LogP contribution is -2.37. The van der Waals surface area contributed by atoms with Crippen LogP contribution < -0.4 is 15.2 Å². The number of nitrogens with zero attached hydrogens (tertiary/aromatic N) is 3. The van der Waals surface area contributed by atoms with Crippen molar-refractivity contribution in [1.82, 2.24) is 15.1 Å². The lowest BCUT2D eigenvalue weighted by atomic mass is 10.2. The zero-order valence-corrected chi connectivity index (χ0v) is 17.2. The Morgan fingerprint density at radius 1 is 1.06 bits per heavy atom. The molecule has 0 saturated carbocycles. The molecule has 1 amide bonds. The fourth-order valence-corrected chi connectivity index (χ4v) is 4.82. The summed E-state index contributed by atoms with van der Waals surface area (Å²) in [6, 6.07) is 14.8. The first-order valence-corrected chi connectivity index (χ1v) is 11.2. The minimum absolute atomic E-state index is 0.0622. The fraction of sp³-hybridized carbons (Fsp3) is 0.190. The standard InChI is InChI=1S/C21H19FN4O4S/c22-16-5-7-17(8-6-16)26-20(27)10-9-18(24-26)21(28)23-12-14-31(29,30)25-13-11-15-3-1-2-4-19(15)25/h1-10H,11-14H2,(H,23,28). The third kappa shape index (κ3) is 4.33. The molecule has 10 heteroatoms. The van der Waals surface area contributed by atoms with E-state index in [0.717, 1.165) is 10.2 Å². The Morgan fingerprint density at radius 2 is 1.81 bits per heavy atom. The average Bonchev–Trinajstić information content (AvgIpc) is 3.20. The van der Waals surface area contributed by atoms with Crippen molar-refractivity contribution in [2.75, 3.05) is 23.1 Å². The molecule has 0 atom stereocenters. The smallest absolute Gasteiger partial charge is 0.271 e. The molecule has 0 saturated heterocycles. The van der Waals surface area contributed by atoms with Crippen molar-refractivity contribution in [3.8, 4) is 5.69 Å². The molecule has 1 aromatic heterocycles. The van der Waals surface area contributed by atoms with Gasteiger partial charge in [0, 0.05) is 19.2 Å². The first-order chi connectivity index (χ1) is 14.8. The molecule has 2 aromatic carbocycles. The number of hydrogen-bond acceptors (Lipinski definition) is 5. The van der Waals surface area contributed by atoms with Gasteiger partial charge in [-0.15, -0.1) is 0 Å². The average molecular weight is 442 g/mol. The Hall–Kier alpha value is -3.53. The van der Waals surface area contributed by atoms with Crippen LogP contribution in [0.1, 0.15) is 16.1 Å². The second-order valence-electron chi connectivity index (χ2n) is 6.97. The number of carbonyl (C=O) groups excluding carboxylic acids is 1. The van der Waals surface area contributed by atoms with E-state index in [9.17, 15) is 22.4 Å². The van der Waals surface area contributed by atoms with E-state index in [0.29, 0.717) is 24.3 Å². The topological polar surface area (TPSA) is 101 Å². The van der Waals surface area contributed by atoms with Gasteiger partial charge in [0.25, 0.3) is 11.5 Å². The van der Waals surface area contributed by atoms with Crippen LogP contribution in [0.25, 0.3) is 5.69 Å². The molecule has 1 aliphatic heterocycles. The van der Waals surface area contributed by atoms with Crippen molar-refractivity contribution >= 4 is 21.6 Å². The van der Waals surface area contributed by atoms with Crippen molar-refractivity contribution in [1.29, 1.82) is 0 Å². The predicted molar refractivity (Wildman–Crippen MR) is 113 cm³/mol. The Bertz CT molecular complexity index is 1290. The summed E-state index contributed by atoms with van der Waals surface area (Å²) < 4.78 is 40.9. The van der Waals surface area contributed by atoms with E-state index in [1.807, 2.05) is 12.1 Å². The summed E-state index contributed by atoms with van der Waals surface area (Å²) in [7, 11) is -3.61. The number of para-hydroxylation sites is 1. The third-order valence-corrected chi connectivity index (χ3v) is 6.70. The summed E-state index contributed by atoms with van der Waals surface area (Å²) in [5.41, 5.74) is 1.40. The molecule has 0 radical (unpaired) electrons. The zero-order valence-electron chi connectivity index (χ0n) is 16.4. The van der Waals surface area contributed by atoms with Crippen molar-refractivity contribution in [2.45, 2.75) is 6.42 Å². The number of carbonyl (C=O) groups is 1. The molecular formula is C21H19FN4O4S. The molecule has 1 aliphatic rings. The molecule has 3 aromatic rings. The number of benzene rings is 2. The Balaban J connectivity index is 1.43. The molecule has 0 fully saturated rings. The molecule has 0 spiro atoms. The summed E-state index contributed by atoms with van der Waals surface area (Å²) in [5, 5.41) is 6.53. The van der Waals surface area contributed by atoms with Crippen molar-refractivity contribution in [3.63, 3.8) is 0 Å². The first kappa shape index (κ1) is 20.7. The number of halogens is 1. The number of fused-ring (bicyclic) bond motifs is 1. The minimum atomic E-state index is -3.61. The molecule has 4 rings (SSSR count). The van der Waals surface area contributed by atoms with Crippen LogP contribution in [0, 0.1) is 5.82 Å².